The number of hydrogen-bond donors (Lipinski definition) is 2. The van der Waals surface area contributed by atoms with Gasteiger partial charge in [0.15, 0.2) is 6.61 Å². The number of hydrogen-bond acceptors (Lipinski definition) is 4. The number of aromatic nitrogens is 2. The molecule has 1 aromatic heterocycles. The molecular formula is C26H22N4O2. The summed E-state index contributed by atoms with van der Waals surface area (Å²) in [5, 5.41) is 12.4. The fourth-order valence-corrected chi connectivity index (χ4v) is 3.23. The predicted octanol–water partition coefficient (Wildman–Crippen LogP) is 5.21. The highest BCUT2D eigenvalue weighted by atomic mass is 16.5. The molecule has 0 radical (unpaired) electrons. The largest absolute Gasteiger partial charge is 0.484 e. The van der Waals surface area contributed by atoms with Crippen LogP contribution >= 0.6 is 0 Å². The Morgan fingerprint density at radius 1 is 1.09 bits per heavy atom. The molecule has 32 heavy (non-hydrogen) atoms. The van der Waals surface area contributed by atoms with Crippen LogP contribution in [-0.4, -0.2) is 22.5 Å². The summed E-state index contributed by atoms with van der Waals surface area (Å²) in [6.45, 7) is 2.00. The molecule has 0 aliphatic rings. The molecule has 0 aliphatic carbocycles. The number of benzene rings is 3. The Labute approximate surface area is 186 Å². The van der Waals surface area contributed by atoms with E-state index in [1.54, 1.807) is 18.2 Å². The van der Waals surface area contributed by atoms with Gasteiger partial charge in [-0.15, -0.1) is 0 Å². The molecule has 158 valence electrons. The number of para-hydroxylation sites is 2. The first-order valence-electron chi connectivity index (χ1n) is 10.3. The molecule has 0 aliphatic heterocycles. The van der Waals surface area contributed by atoms with E-state index in [-0.39, 0.29) is 12.5 Å². The lowest BCUT2D eigenvalue weighted by Crippen LogP contribution is -2.20. The third kappa shape index (κ3) is 5.02. The number of amides is 1. The molecule has 1 heterocycles. The first-order valence-corrected chi connectivity index (χ1v) is 10.3. The first kappa shape index (κ1) is 20.9. The summed E-state index contributed by atoms with van der Waals surface area (Å²) in [5.41, 5.74) is 4.91. The fraction of sp³-hybridized carbons (Fsp3) is 0.115. The SMILES string of the molecule is CCc1ccc(NC(=O)COc2ccc(C=C(C#N)c3nc4ccccc4[nH]3)cc2)cc1. The van der Waals surface area contributed by atoms with Crippen molar-refractivity contribution in [3.63, 3.8) is 0 Å². The number of aryl methyl sites for hydroxylation is 1. The normalized spacial score (nSPS) is 11.2. The molecule has 6 nitrogen and oxygen atoms in total. The fourth-order valence-electron chi connectivity index (χ4n) is 3.23. The Morgan fingerprint density at radius 3 is 2.53 bits per heavy atom. The monoisotopic (exact) mass is 422 g/mol. The van der Waals surface area contributed by atoms with Gasteiger partial charge in [-0.05, 0) is 60.0 Å². The maximum absolute atomic E-state index is 12.1. The van der Waals surface area contributed by atoms with Crippen LogP contribution in [0.5, 0.6) is 5.75 Å². The Morgan fingerprint density at radius 2 is 1.84 bits per heavy atom. The van der Waals surface area contributed by atoms with Crippen molar-refractivity contribution in [1.29, 1.82) is 5.26 Å². The van der Waals surface area contributed by atoms with E-state index in [1.807, 2.05) is 60.7 Å². The lowest BCUT2D eigenvalue weighted by molar-refractivity contribution is -0.118. The van der Waals surface area contributed by atoms with Crippen molar-refractivity contribution in [2.45, 2.75) is 13.3 Å². The molecule has 0 spiro atoms. The van der Waals surface area contributed by atoms with E-state index < -0.39 is 0 Å². The standard InChI is InChI=1S/C26H22N4O2/c1-2-18-7-11-21(12-8-18)28-25(31)17-32-22-13-9-19(10-14-22)15-20(16-27)26-29-23-5-3-4-6-24(23)30-26/h3-15H,2,17H2,1H3,(H,28,31)(H,29,30). The van der Waals surface area contributed by atoms with Crippen LogP contribution in [0.15, 0.2) is 72.8 Å². The van der Waals surface area contributed by atoms with E-state index >= 15 is 0 Å². The van der Waals surface area contributed by atoms with Gasteiger partial charge in [-0.3, -0.25) is 4.79 Å². The zero-order valence-corrected chi connectivity index (χ0v) is 17.6. The van der Waals surface area contributed by atoms with Crippen molar-refractivity contribution >= 4 is 34.3 Å². The summed E-state index contributed by atoms with van der Waals surface area (Å²) in [6.07, 6.45) is 2.71. The lowest BCUT2D eigenvalue weighted by Gasteiger charge is -2.08. The van der Waals surface area contributed by atoms with Crippen molar-refractivity contribution < 1.29 is 9.53 Å². The second-order valence-corrected chi connectivity index (χ2v) is 7.23. The highest BCUT2D eigenvalue weighted by molar-refractivity contribution is 5.92. The van der Waals surface area contributed by atoms with Gasteiger partial charge >= 0.3 is 0 Å². The smallest absolute Gasteiger partial charge is 0.262 e. The third-order valence-electron chi connectivity index (χ3n) is 4.97. The Hall–Kier alpha value is -4.37. The number of anilines is 1. The number of nitrogens with zero attached hydrogens (tertiary/aromatic N) is 2. The van der Waals surface area contributed by atoms with E-state index in [4.69, 9.17) is 4.74 Å². The van der Waals surface area contributed by atoms with Crippen molar-refractivity contribution in [1.82, 2.24) is 9.97 Å². The number of ether oxygens (including phenoxy) is 1. The summed E-state index contributed by atoms with van der Waals surface area (Å²) in [4.78, 5) is 19.8. The van der Waals surface area contributed by atoms with Gasteiger partial charge < -0.3 is 15.0 Å². The van der Waals surface area contributed by atoms with Crippen molar-refractivity contribution in [2.75, 3.05) is 11.9 Å². The van der Waals surface area contributed by atoms with Gasteiger partial charge in [0, 0.05) is 5.69 Å². The van der Waals surface area contributed by atoms with Crippen LogP contribution in [0.25, 0.3) is 22.7 Å². The molecule has 0 saturated heterocycles. The average Bonchev–Trinajstić information content (AvgIpc) is 3.26. The Kier molecular flexibility index (Phi) is 6.28. The molecule has 4 rings (SSSR count). The Bertz CT molecular complexity index is 1260. The molecule has 6 heteroatoms. The van der Waals surface area contributed by atoms with Gasteiger partial charge in [0.05, 0.1) is 16.6 Å². The van der Waals surface area contributed by atoms with Gasteiger partial charge in [-0.1, -0.05) is 43.3 Å². The number of imidazole rings is 1. The van der Waals surface area contributed by atoms with Crippen LogP contribution < -0.4 is 10.1 Å². The van der Waals surface area contributed by atoms with E-state index in [9.17, 15) is 10.1 Å². The molecule has 0 bridgehead atoms. The molecule has 0 atom stereocenters. The van der Waals surface area contributed by atoms with Crippen LogP contribution in [0.1, 0.15) is 23.9 Å². The number of H-pyrrole nitrogens is 1. The molecule has 0 saturated carbocycles. The zero-order valence-electron chi connectivity index (χ0n) is 17.6. The molecular weight excluding hydrogens is 400 g/mol. The molecule has 3 aromatic carbocycles. The highest BCUT2D eigenvalue weighted by Crippen LogP contribution is 2.20. The van der Waals surface area contributed by atoms with Crippen LogP contribution in [0.3, 0.4) is 0 Å². The summed E-state index contributed by atoms with van der Waals surface area (Å²) >= 11 is 0. The topological polar surface area (TPSA) is 90.8 Å². The van der Waals surface area contributed by atoms with E-state index in [0.717, 1.165) is 28.7 Å². The van der Waals surface area contributed by atoms with Crippen LogP contribution in [0.4, 0.5) is 5.69 Å². The zero-order chi connectivity index (χ0) is 22.3. The van der Waals surface area contributed by atoms with E-state index in [2.05, 4.69) is 28.3 Å². The predicted molar refractivity (Wildman–Crippen MR) is 126 cm³/mol. The van der Waals surface area contributed by atoms with Gasteiger partial charge in [0.25, 0.3) is 5.91 Å². The number of fused-ring (bicyclic) bond motifs is 1. The van der Waals surface area contributed by atoms with Crippen LogP contribution in [-0.2, 0) is 11.2 Å². The maximum Gasteiger partial charge on any atom is 0.262 e. The highest BCUT2D eigenvalue weighted by Gasteiger charge is 2.08. The van der Waals surface area contributed by atoms with Gasteiger partial charge in [-0.25, -0.2) is 4.98 Å². The molecule has 0 unspecified atom stereocenters. The number of allylic oxidation sites excluding steroid dienone is 1. The number of aromatic amines is 1. The summed E-state index contributed by atoms with van der Waals surface area (Å²) in [6, 6.07) is 24.8. The summed E-state index contributed by atoms with van der Waals surface area (Å²) in [7, 11) is 0. The minimum Gasteiger partial charge on any atom is -0.484 e. The van der Waals surface area contributed by atoms with Gasteiger partial charge in [0.1, 0.15) is 17.6 Å². The van der Waals surface area contributed by atoms with Crippen LogP contribution in [0.2, 0.25) is 0 Å². The third-order valence-corrected chi connectivity index (χ3v) is 4.97. The van der Waals surface area contributed by atoms with E-state index in [1.165, 1.54) is 5.56 Å². The Balaban J connectivity index is 1.37. The molecule has 1 amide bonds. The minimum atomic E-state index is -0.227. The molecule has 2 N–H and O–H groups in total. The van der Waals surface area contributed by atoms with Crippen LogP contribution in [0, 0.1) is 11.3 Å². The van der Waals surface area contributed by atoms with Crippen molar-refractivity contribution in [2.24, 2.45) is 0 Å². The number of nitrogens with one attached hydrogen (secondary N) is 2. The van der Waals surface area contributed by atoms with Crippen molar-refractivity contribution in [3.8, 4) is 11.8 Å². The molecule has 0 fully saturated rings. The quantitative estimate of drug-likeness (QED) is 0.400. The average molecular weight is 422 g/mol. The lowest BCUT2D eigenvalue weighted by atomic mass is 10.1. The minimum absolute atomic E-state index is 0.0901. The summed E-state index contributed by atoms with van der Waals surface area (Å²) < 4.78 is 5.58. The summed E-state index contributed by atoms with van der Waals surface area (Å²) in [5.74, 6) is 0.869. The van der Waals surface area contributed by atoms with Crippen molar-refractivity contribution in [3.05, 3.63) is 89.7 Å². The second-order valence-electron chi connectivity index (χ2n) is 7.23. The van der Waals surface area contributed by atoms with E-state index in [0.29, 0.717) is 17.1 Å². The molecule has 4 aromatic rings. The number of nitriles is 1. The number of carbonyl (C=O) groups is 1. The first-order chi connectivity index (χ1) is 15.6. The maximum atomic E-state index is 12.1. The van der Waals surface area contributed by atoms with Gasteiger partial charge in [-0.2, -0.15) is 5.26 Å². The number of rotatable bonds is 7. The number of carbonyl (C=O) groups excluding carboxylic acids is 1. The van der Waals surface area contributed by atoms with Gasteiger partial charge in [0.2, 0.25) is 0 Å². The second kappa shape index (κ2) is 9.63.